The summed E-state index contributed by atoms with van der Waals surface area (Å²) in [5.41, 5.74) is 2.32. The first-order chi connectivity index (χ1) is 18.5. The van der Waals surface area contributed by atoms with Gasteiger partial charge in [-0.05, 0) is 49.4 Å². The third kappa shape index (κ3) is 4.31. The third-order valence-corrected chi connectivity index (χ3v) is 8.61. The second-order valence-electron chi connectivity index (χ2n) is 9.89. The molecular weight excluding hydrogens is 504 g/mol. The van der Waals surface area contributed by atoms with E-state index in [1.807, 2.05) is 6.07 Å². The number of carbonyl (C=O) groups excluding carboxylic acids is 1. The Labute approximate surface area is 224 Å². The molecule has 1 amide bonds. The molecule has 4 aromatic rings. The molecule has 0 aliphatic carbocycles. The van der Waals surface area contributed by atoms with E-state index in [4.69, 9.17) is 9.47 Å². The van der Waals surface area contributed by atoms with Gasteiger partial charge < -0.3 is 30.1 Å². The van der Waals surface area contributed by atoms with Crippen LogP contribution < -0.4 is 25.0 Å². The van der Waals surface area contributed by atoms with Crippen LogP contribution in [0.3, 0.4) is 0 Å². The zero-order chi connectivity index (χ0) is 26.3. The number of anilines is 2. The predicted octanol–water partition coefficient (Wildman–Crippen LogP) is 4.04. The molecule has 0 radical (unpaired) electrons. The first kappa shape index (κ1) is 24.5. The lowest BCUT2D eigenvalue weighted by atomic mass is 9.78. The SMILES string of the molecule is COc1cc2cn(-c3nc(C(=O)Nc4cnccc4N4CCC5(CCNC5)CC4)cs3)c(O)c2cc1OC. The highest BCUT2D eigenvalue weighted by Crippen LogP contribution is 2.40. The highest BCUT2D eigenvalue weighted by molar-refractivity contribution is 7.12. The van der Waals surface area contributed by atoms with Gasteiger partial charge in [-0.2, -0.15) is 0 Å². The van der Waals surface area contributed by atoms with Crippen molar-refractivity contribution in [3.05, 3.63) is 47.9 Å². The number of nitrogens with one attached hydrogen (secondary N) is 2. The molecule has 6 rings (SSSR count). The van der Waals surface area contributed by atoms with Crippen LogP contribution in [0.2, 0.25) is 0 Å². The van der Waals surface area contributed by atoms with E-state index in [1.165, 1.54) is 17.8 Å². The van der Waals surface area contributed by atoms with Gasteiger partial charge in [0, 0.05) is 48.2 Å². The summed E-state index contributed by atoms with van der Waals surface area (Å²) in [4.78, 5) is 24.3. The molecule has 5 heterocycles. The molecule has 1 aromatic carbocycles. The molecule has 11 heteroatoms. The van der Waals surface area contributed by atoms with Crippen LogP contribution >= 0.6 is 11.3 Å². The maximum atomic E-state index is 13.2. The summed E-state index contributed by atoms with van der Waals surface area (Å²) in [5.74, 6) is 0.766. The number of fused-ring (bicyclic) bond motifs is 1. The molecule has 0 saturated carbocycles. The number of aromatic nitrogens is 3. The van der Waals surface area contributed by atoms with E-state index in [2.05, 4.69) is 25.5 Å². The lowest BCUT2D eigenvalue weighted by molar-refractivity contribution is 0.102. The largest absolute Gasteiger partial charge is 0.494 e. The van der Waals surface area contributed by atoms with Crippen molar-refractivity contribution >= 4 is 39.4 Å². The van der Waals surface area contributed by atoms with E-state index in [1.54, 1.807) is 54.9 Å². The number of piperidine rings is 1. The van der Waals surface area contributed by atoms with Crippen LogP contribution in [0.5, 0.6) is 17.4 Å². The van der Waals surface area contributed by atoms with E-state index in [0.29, 0.717) is 33.1 Å². The Balaban J connectivity index is 1.21. The smallest absolute Gasteiger partial charge is 0.275 e. The van der Waals surface area contributed by atoms with Crippen molar-refractivity contribution in [2.45, 2.75) is 19.3 Å². The Morgan fingerprint density at radius 2 is 1.97 bits per heavy atom. The van der Waals surface area contributed by atoms with Crippen molar-refractivity contribution in [3.8, 4) is 22.5 Å². The van der Waals surface area contributed by atoms with Gasteiger partial charge in [0.2, 0.25) is 5.88 Å². The van der Waals surface area contributed by atoms with Crippen molar-refractivity contribution < 1.29 is 19.4 Å². The average molecular weight is 535 g/mol. The van der Waals surface area contributed by atoms with Crippen molar-refractivity contribution in [3.63, 3.8) is 0 Å². The fourth-order valence-electron chi connectivity index (χ4n) is 5.54. The summed E-state index contributed by atoms with van der Waals surface area (Å²) in [6.45, 7) is 4.10. The second-order valence-corrected chi connectivity index (χ2v) is 10.7. The number of hydrogen-bond acceptors (Lipinski definition) is 9. The number of rotatable bonds is 6. The Morgan fingerprint density at radius 1 is 1.18 bits per heavy atom. The van der Waals surface area contributed by atoms with Gasteiger partial charge in [0.15, 0.2) is 16.6 Å². The Bertz CT molecular complexity index is 1480. The summed E-state index contributed by atoms with van der Waals surface area (Å²) in [6, 6.07) is 5.47. The predicted molar refractivity (Wildman–Crippen MR) is 147 cm³/mol. The molecule has 2 aliphatic heterocycles. The fourth-order valence-corrected chi connectivity index (χ4v) is 6.32. The van der Waals surface area contributed by atoms with E-state index >= 15 is 0 Å². The van der Waals surface area contributed by atoms with E-state index in [0.717, 1.165) is 50.1 Å². The second kappa shape index (κ2) is 9.80. The maximum absolute atomic E-state index is 13.2. The Morgan fingerprint density at radius 3 is 2.71 bits per heavy atom. The first-order valence-corrected chi connectivity index (χ1v) is 13.5. The molecule has 3 N–H and O–H groups in total. The van der Waals surface area contributed by atoms with Crippen LogP contribution in [0.1, 0.15) is 29.8 Å². The van der Waals surface area contributed by atoms with Gasteiger partial charge in [-0.25, -0.2) is 4.98 Å². The topological polar surface area (TPSA) is 114 Å². The number of hydrogen-bond donors (Lipinski definition) is 3. The van der Waals surface area contributed by atoms with E-state index in [9.17, 15) is 9.90 Å². The van der Waals surface area contributed by atoms with Crippen LogP contribution in [0, 0.1) is 5.41 Å². The molecule has 2 saturated heterocycles. The molecular formula is C27H30N6O4S. The summed E-state index contributed by atoms with van der Waals surface area (Å²) >= 11 is 1.27. The van der Waals surface area contributed by atoms with Gasteiger partial charge >= 0.3 is 0 Å². The summed E-state index contributed by atoms with van der Waals surface area (Å²) in [6.07, 6.45) is 8.72. The minimum absolute atomic E-state index is 0.0112. The number of aromatic hydroxyl groups is 1. The number of nitrogens with zero attached hydrogens (tertiary/aromatic N) is 4. The summed E-state index contributed by atoms with van der Waals surface area (Å²) in [7, 11) is 3.11. The fraction of sp³-hybridized carbons (Fsp3) is 0.370. The number of methoxy groups -OCH3 is 2. The van der Waals surface area contributed by atoms with Gasteiger partial charge in [0.1, 0.15) is 5.69 Å². The monoisotopic (exact) mass is 534 g/mol. The van der Waals surface area contributed by atoms with E-state index < -0.39 is 0 Å². The molecule has 10 nitrogen and oxygen atoms in total. The van der Waals surface area contributed by atoms with Gasteiger partial charge in [-0.3, -0.25) is 14.3 Å². The Hall–Kier alpha value is -3.83. The number of amides is 1. The number of pyridine rings is 1. The number of ether oxygens (including phenoxy) is 2. The first-order valence-electron chi connectivity index (χ1n) is 12.6. The van der Waals surface area contributed by atoms with Crippen LogP contribution in [-0.4, -0.2) is 65.9 Å². The van der Waals surface area contributed by atoms with Crippen molar-refractivity contribution in [1.29, 1.82) is 0 Å². The summed E-state index contributed by atoms with van der Waals surface area (Å²) in [5, 5.41) is 20.9. The molecule has 38 heavy (non-hydrogen) atoms. The van der Waals surface area contributed by atoms with Crippen LogP contribution in [0.25, 0.3) is 15.9 Å². The Kier molecular flexibility index (Phi) is 6.32. The summed E-state index contributed by atoms with van der Waals surface area (Å²) < 4.78 is 12.3. The molecule has 0 unspecified atom stereocenters. The molecule has 0 bridgehead atoms. The van der Waals surface area contributed by atoms with E-state index in [-0.39, 0.29) is 17.5 Å². The zero-order valence-electron chi connectivity index (χ0n) is 21.4. The standard InChI is InChI=1S/C27H30N6O4S/c1-36-22-11-17-14-33(25(35)18(17)12-23(22)37-2)26-31-20(15-38-26)24(34)30-19-13-28-7-3-21(19)32-9-5-27(6-10-32)4-8-29-16-27/h3,7,11-15,29,35H,4-6,8-10,16H2,1-2H3,(H,30,34). The highest BCUT2D eigenvalue weighted by atomic mass is 32.1. The van der Waals surface area contributed by atoms with Gasteiger partial charge in [-0.1, -0.05) is 0 Å². The number of benzene rings is 1. The quantitative estimate of drug-likeness (QED) is 0.340. The van der Waals surface area contributed by atoms with Crippen LogP contribution in [0.4, 0.5) is 11.4 Å². The molecule has 2 aliphatic rings. The third-order valence-electron chi connectivity index (χ3n) is 7.77. The number of thiazole rings is 1. The van der Waals surface area contributed by atoms with Crippen molar-refractivity contribution in [2.24, 2.45) is 5.41 Å². The molecule has 198 valence electrons. The van der Waals surface area contributed by atoms with Gasteiger partial charge in [0.25, 0.3) is 5.91 Å². The normalized spacial score (nSPS) is 16.7. The minimum Gasteiger partial charge on any atom is -0.494 e. The van der Waals surface area contributed by atoms with Gasteiger partial charge in [0.05, 0.1) is 31.8 Å². The lowest BCUT2D eigenvalue weighted by Gasteiger charge is -2.40. The lowest BCUT2D eigenvalue weighted by Crippen LogP contribution is -2.41. The van der Waals surface area contributed by atoms with Gasteiger partial charge in [-0.15, -0.1) is 11.3 Å². The molecule has 0 atom stereocenters. The zero-order valence-corrected chi connectivity index (χ0v) is 22.2. The number of carbonyl (C=O) groups is 1. The maximum Gasteiger partial charge on any atom is 0.275 e. The van der Waals surface area contributed by atoms with Crippen LogP contribution in [0.15, 0.2) is 42.2 Å². The molecule has 3 aromatic heterocycles. The van der Waals surface area contributed by atoms with Crippen LogP contribution in [-0.2, 0) is 0 Å². The molecule has 2 fully saturated rings. The average Bonchev–Trinajstić information content (AvgIpc) is 3.68. The van der Waals surface area contributed by atoms with Crippen molar-refractivity contribution in [2.75, 3.05) is 50.6 Å². The van der Waals surface area contributed by atoms with Crippen molar-refractivity contribution in [1.82, 2.24) is 19.9 Å². The highest BCUT2D eigenvalue weighted by Gasteiger charge is 2.37. The molecule has 1 spiro atoms. The minimum atomic E-state index is -0.324.